The van der Waals surface area contributed by atoms with Crippen LogP contribution >= 0.6 is 11.6 Å². The molecular weight excluding hydrogens is 384 g/mol. The molecule has 0 aliphatic rings. The average molecular weight is 403 g/mol. The Morgan fingerprint density at radius 1 is 1.36 bits per heavy atom. The maximum atomic E-state index is 11.9. The number of ether oxygens (including phenoxy) is 2. The molecule has 0 saturated carbocycles. The number of aromatic nitrogens is 4. The van der Waals surface area contributed by atoms with E-state index in [0.717, 1.165) is 0 Å². The summed E-state index contributed by atoms with van der Waals surface area (Å²) >= 11 is 6.12. The second-order valence-electron chi connectivity index (χ2n) is 5.80. The standard InChI is InChI=1S/C19H19ClN4O4/c1-4-26-15-8-6-5-7-14(15)19-21-16(28-23-19)11-27-17(25)10-9-13-12(2)22-24(3)18(13)20/h5-10H,4,11H2,1-3H3. The normalized spacial score (nSPS) is 11.1. The molecule has 0 bridgehead atoms. The largest absolute Gasteiger partial charge is 0.493 e. The van der Waals surface area contributed by atoms with E-state index in [1.165, 1.54) is 10.8 Å². The number of carbonyl (C=O) groups excluding carboxylic acids is 1. The van der Waals surface area contributed by atoms with Crippen molar-refractivity contribution in [3.05, 3.63) is 52.6 Å². The Balaban J connectivity index is 1.63. The van der Waals surface area contributed by atoms with Gasteiger partial charge in [-0.15, -0.1) is 0 Å². The number of rotatable bonds is 7. The van der Waals surface area contributed by atoms with E-state index in [9.17, 15) is 4.79 Å². The van der Waals surface area contributed by atoms with Gasteiger partial charge in [-0.05, 0) is 32.1 Å². The average Bonchev–Trinajstić information content (AvgIpc) is 3.24. The third kappa shape index (κ3) is 4.40. The van der Waals surface area contributed by atoms with E-state index in [0.29, 0.717) is 40.2 Å². The molecule has 0 N–H and O–H groups in total. The Kier molecular flexibility index (Phi) is 6.10. The molecule has 28 heavy (non-hydrogen) atoms. The maximum Gasteiger partial charge on any atom is 0.331 e. The second-order valence-corrected chi connectivity index (χ2v) is 6.15. The fourth-order valence-electron chi connectivity index (χ4n) is 2.52. The zero-order valence-electron chi connectivity index (χ0n) is 15.7. The number of hydrogen-bond acceptors (Lipinski definition) is 7. The molecule has 2 heterocycles. The summed E-state index contributed by atoms with van der Waals surface area (Å²) in [6, 6.07) is 7.36. The molecule has 2 aromatic heterocycles. The van der Waals surface area contributed by atoms with Crippen molar-refractivity contribution in [3.8, 4) is 17.1 Å². The van der Waals surface area contributed by atoms with Gasteiger partial charge in [0.1, 0.15) is 10.9 Å². The minimum Gasteiger partial charge on any atom is -0.493 e. The first-order chi connectivity index (χ1) is 13.5. The van der Waals surface area contributed by atoms with Gasteiger partial charge in [-0.2, -0.15) is 10.1 Å². The zero-order chi connectivity index (χ0) is 20.1. The molecule has 0 unspecified atom stereocenters. The number of para-hydroxylation sites is 1. The van der Waals surface area contributed by atoms with Crippen LogP contribution in [0.2, 0.25) is 5.15 Å². The lowest BCUT2D eigenvalue weighted by Crippen LogP contribution is -2.01. The van der Waals surface area contributed by atoms with Crippen LogP contribution < -0.4 is 4.74 Å². The van der Waals surface area contributed by atoms with Gasteiger partial charge < -0.3 is 14.0 Å². The fraction of sp³-hybridized carbons (Fsp3) is 0.263. The molecule has 0 radical (unpaired) electrons. The maximum absolute atomic E-state index is 11.9. The molecule has 1 aromatic carbocycles. The van der Waals surface area contributed by atoms with Crippen molar-refractivity contribution in [1.82, 2.24) is 19.9 Å². The number of halogens is 1. The minimum absolute atomic E-state index is 0.146. The van der Waals surface area contributed by atoms with Gasteiger partial charge in [0, 0.05) is 18.7 Å². The Labute approximate surface area is 166 Å². The summed E-state index contributed by atoms with van der Waals surface area (Å²) in [4.78, 5) is 16.2. The minimum atomic E-state index is -0.561. The van der Waals surface area contributed by atoms with Crippen molar-refractivity contribution in [2.45, 2.75) is 20.5 Å². The third-order valence-corrected chi connectivity index (χ3v) is 4.26. The zero-order valence-corrected chi connectivity index (χ0v) is 16.4. The van der Waals surface area contributed by atoms with E-state index in [1.54, 1.807) is 20.0 Å². The molecule has 0 spiro atoms. The van der Waals surface area contributed by atoms with Gasteiger partial charge in [-0.3, -0.25) is 4.68 Å². The highest BCUT2D eigenvalue weighted by atomic mass is 35.5. The number of nitrogens with zero attached hydrogens (tertiary/aromatic N) is 4. The van der Waals surface area contributed by atoms with E-state index in [-0.39, 0.29) is 12.5 Å². The van der Waals surface area contributed by atoms with Crippen LogP contribution in [-0.4, -0.2) is 32.5 Å². The number of esters is 1. The summed E-state index contributed by atoms with van der Waals surface area (Å²) in [5, 5.41) is 8.54. The summed E-state index contributed by atoms with van der Waals surface area (Å²) < 4.78 is 17.4. The highest BCUT2D eigenvalue weighted by Crippen LogP contribution is 2.27. The fourth-order valence-corrected chi connectivity index (χ4v) is 2.76. The third-order valence-electron chi connectivity index (χ3n) is 3.82. The van der Waals surface area contributed by atoms with Gasteiger partial charge in [-0.25, -0.2) is 4.79 Å². The first-order valence-corrected chi connectivity index (χ1v) is 8.96. The van der Waals surface area contributed by atoms with Crippen molar-refractivity contribution in [3.63, 3.8) is 0 Å². The molecule has 0 aliphatic heterocycles. The lowest BCUT2D eigenvalue weighted by atomic mass is 10.2. The van der Waals surface area contributed by atoms with Gasteiger partial charge in [0.25, 0.3) is 5.89 Å². The van der Waals surface area contributed by atoms with Gasteiger partial charge >= 0.3 is 5.97 Å². The summed E-state index contributed by atoms with van der Waals surface area (Å²) in [5.41, 5.74) is 2.08. The topological polar surface area (TPSA) is 92.3 Å². The summed E-state index contributed by atoms with van der Waals surface area (Å²) in [6.07, 6.45) is 2.84. The summed E-state index contributed by atoms with van der Waals surface area (Å²) in [6.45, 7) is 4.07. The molecule has 0 fully saturated rings. The van der Waals surface area contributed by atoms with Crippen molar-refractivity contribution in [1.29, 1.82) is 0 Å². The predicted molar refractivity (Wildman–Crippen MR) is 103 cm³/mol. The van der Waals surface area contributed by atoms with Crippen molar-refractivity contribution in [2.75, 3.05) is 6.61 Å². The molecular formula is C19H19ClN4O4. The van der Waals surface area contributed by atoms with Crippen molar-refractivity contribution < 1.29 is 18.8 Å². The van der Waals surface area contributed by atoms with E-state index in [1.807, 2.05) is 31.2 Å². The molecule has 0 amide bonds. The van der Waals surface area contributed by atoms with Crippen LogP contribution in [0.25, 0.3) is 17.5 Å². The van der Waals surface area contributed by atoms with Crippen LogP contribution in [0.15, 0.2) is 34.9 Å². The number of hydrogen-bond donors (Lipinski definition) is 0. The number of benzene rings is 1. The number of aryl methyl sites for hydroxylation is 2. The van der Waals surface area contributed by atoms with Crippen molar-refractivity contribution >= 4 is 23.6 Å². The van der Waals surface area contributed by atoms with Crippen LogP contribution in [0.5, 0.6) is 5.75 Å². The van der Waals surface area contributed by atoms with Gasteiger partial charge in [0.05, 0.1) is 17.9 Å². The molecule has 0 aliphatic carbocycles. The summed E-state index contributed by atoms with van der Waals surface area (Å²) in [7, 11) is 1.72. The van der Waals surface area contributed by atoms with E-state index in [2.05, 4.69) is 15.2 Å². The van der Waals surface area contributed by atoms with E-state index >= 15 is 0 Å². The highest BCUT2D eigenvalue weighted by molar-refractivity contribution is 6.31. The van der Waals surface area contributed by atoms with Crippen LogP contribution in [-0.2, 0) is 23.2 Å². The first-order valence-electron chi connectivity index (χ1n) is 8.58. The van der Waals surface area contributed by atoms with Crippen LogP contribution in [0, 0.1) is 6.92 Å². The van der Waals surface area contributed by atoms with Gasteiger partial charge in [-0.1, -0.05) is 28.9 Å². The molecule has 8 nitrogen and oxygen atoms in total. The molecule has 146 valence electrons. The molecule has 3 rings (SSSR count). The van der Waals surface area contributed by atoms with Crippen LogP contribution in [0.3, 0.4) is 0 Å². The van der Waals surface area contributed by atoms with Gasteiger partial charge in [0.2, 0.25) is 5.82 Å². The Bertz CT molecular complexity index is 1010. The first kappa shape index (κ1) is 19.6. The second kappa shape index (κ2) is 8.71. The lowest BCUT2D eigenvalue weighted by molar-refractivity contribution is -0.139. The molecule has 0 atom stereocenters. The van der Waals surface area contributed by atoms with Crippen LogP contribution in [0.1, 0.15) is 24.1 Å². The number of carbonyl (C=O) groups is 1. The predicted octanol–water partition coefficient (Wildman–Crippen LogP) is 3.59. The molecule has 3 aromatic rings. The van der Waals surface area contributed by atoms with Crippen molar-refractivity contribution in [2.24, 2.45) is 7.05 Å². The lowest BCUT2D eigenvalue weighted by Gasteiger charge is -2.05. The summed E-state index contributed by atoms with van der Waals surface area (Å²) in [5.74, 6) is 0.636. The Morgan fingerprint density at radius 2 is 2.14 bits per heavy atom. The Hall–Kier alpha value is -3.13. The SMILES string of the molecule is CCOc1ccccc1-c1noc(COC(=O)C=Cc2c(C)nn(C)c2Cl)n1. The van der Waals surface area contributed by atoms with E-state index in [4.69, 9.17) is 25.6 Å². The monoisotopic (exact) mass is 402 g/mol. The van der Waals surface area contributed by atoms with E-state index < -0.39 is 5.97 Å². The smallest absolute Gasteiger partial charge is 0.331 e. The Morgan fingerprint density at radius 3 is 2.86 bits per heavy atom. The van der Waals surface area contributed by atoms with Gasteiger partial charge in [0.15, 0.2) is 6.61 Å². The van der Waals surface area contributed by atoms with Crippen LogP contribution in [0.4, 0.5) is 0 Å². The quantitative estimate of drug-likeness (QED) is 0.440. The molecule has 9 heteroatoms. The highest BCUT2D eigenvalue weighted by Gasteiger charge is 2.14. The molecule has 0 saturated heterocycles.